The summed E-state index contributed by atoms with van der Waals surface area (Å²) in [5.74, 6) is 0.0774. The zero-order valence-electron chi connectivity index (χ0n) is 11.2. The maximum absolute atomic E-state index is 13.7. The van der Waals surface area contributed by atoms with E-state index in [0.29, 0.717) is 27.0 Å². The molecule has 1 aromatic carbocycles. The van der Waals surface area contributed by atoms with Crippen LogP contribution in [0.4, 0.5) is 10.1 Å². The molecule has 0 saturated heterocycles. The van der Waals surface area contributed by atoms with Crippen LogP contribution in [0.25, 0.3) is 4.96 Å². The standard InChI is InChI=1S/C14H12FN3OS2/c1-8-6-21-14-17-10(5-13(19)18(8)14)7-20-12-3-2-9(16)4-11(12)15/h2-6H,7,16H2,1H3. The highest BCUT2D eigenvalue weighted by atomic mass is 32.2. The van der Waals surface area contributed by atoms with Gasteiger partial charge in [-0.05, 0) is 25.1 Å². The van der Waals surface area contributed by atoms with Crippen LogP contribution in [0.3, 0.4) is 0 Å². The smallest absolute Gasteiger partial charge is 0.258 e. The quantitative estimate of drug-likeness (QED) is 0.595. The minimum absolute atomic E-state index is 0.105. The Morgan fingerprint density at radius 1 is 1.43 bits per heavy atom. The van der Waals surface area contributed by atoms with Crippen LogP contribution in [0.5, 0.6) is 0 Å². The molecule has 21 heavy (non-hydrogen) atoms. The minimum Gasteiger partial charge on any atom is -0.399 e. The van der Waals surface area contributed by atoms with Crippen LogP contribution in [-0.2, 0) is 5.75 Å². The lowest BCUT2D eigenvalue weighted by atomic mass is 10.3. The number of aromatic nitrogens is 2. The van der Waals surface area contributed by atoms with E-state index >= 15 is 0 Å². The van der Waals surface area contributed by atoms with Gasteiger partial charge >= 0.3 is 0 Å². The Kier molecular flexibility index (Phi) is 3.69. The summed E-state index contributed by atoms with van der Waals surface area (Å²) in [5.41, 5.74) is 7.32. The first-order valence-electron chi connectivity index (χ1n) is 6.19. The van der Waals surface area contributed by atoms with Gasteiger partial charge in [0.1, 0.15) is 5.82 Å². The van der Waals surface area contributed by atoms with Crippen molar-refractivity contribution in [1.82, 2.24) is 9.38 Å². The van der Waals surface area contributed by atoms with Crippen LogP contribution in [0.15, 0.2) is 39.3 Å². The second kappa shape index (κ2) is 5.50. The Morgan fingerprint density at radius 3 is 3.00 bits per heavy atom. The SMILES string of the molecule is Cc1csc2nc(CSc3ccc(N)cc3F)cc(=O)n12. The number of thiazole rings is 1. The number of nitrogen functional groups attached to an aromatic ring is 1. The molecule has 0 aliphatic heterocycles. The molecule has 0 aliphatic rings. The molecular weight excluding hydrogens is 309 g/mol. The highest BCUT2D eigenvalue weighted by molar-refractivity contribution is 7.98. The molecule has 2 aromatic heterocycles. The molecule has 0 unspecified atom stereocenters. The molecule has 7 heteroatoms. The number of thioether (sulfide) groups is 1. The van der Waals surface area contributed by atoms with E-state index in [1.165, 1.54) is 35.2 Å². The lowest BCUT2D eigenvalue weighted by Gasteiger charge is -2.04. The summed E-state index contributed by atoms with van der Waals surface area (Å²) in [6.07, 6.45) is 0. The van der Waals surface area contributed by atoms with Gasteiger partial charge < -0.3 is 5.73 Å². The highest BCUT2D eigenvalue weighted by Crippen LogP contribution is 2.26. The molecule has 108 valence electrons. The van der Waals surface area contributed by atoms with Gasteiger partial charge in [-0.1, -0.05) is 0 Å². The van der Waals surface area contributed by atoms with Gasteiger partial charge in [-0.25, -0.2) is 9.37 Å². The van der Waals surface area contributed by atoms with Crippen LogP contribution in [0.1, 0.15) is 11.4 Å². The van der Waals surface area contributed by atoms with Crippen molar-refractivity contribution in [3.63, 3.8) is 0 Å². The predicted molar refractivity (Wildman–Crippen MR) is 84.4 cm³/mol. The van der Waals surface area contributed by atoms with Crippen LogP contribution in [-0.4, -0.2) is 9.38 Å². The zero-order valence-corrected chi connectivity index (χ0v) is 12.8. The van der Waals surface area contributed by atoms with Crippen molar-refractivity contribution in [2.75, 3.05) is 5.73 Å². The Labute approximate surface area is 128 Å². The number of benzene rings is 1. The van der Waals surface area contributed by atoms with Gasteiger partial charge in [0.15, 0.2) is 4.96 Å². The summed E-state index contributed by atoms with van der Waals surface area (Å²) in [6.45, 7) is 1.87. The van der Waals surface area contributed by atoms with E-state index in [1.54, 1.807) is 16.5 Å². The van der Waals surface area contributed by atoms with Crippen molar-refractivity contribution in [3.05, 3.63) is 57.2 Å². The first-order chi connectivity index (χ1) is 10.0. The first kappa shape index (κ1) is 14.1. The number of fused-ring (bicyclic) bond motifs is 1. The molecule has 3 aromatic rings. The third-order valence-electron chi connectivity index (χ3n) is 2.96. The van der Waals surface area contributed by atoms with Crippen molar-refractivity contribution in [2.24, 2.45) is 0 Å². The number of anilines is 1. The summed E-state index contributed by atoms with van der Waals surface area (Å²) < 4.78 is 15.3. The lowest BCUT2D eigenvalue weighted by molar-refractivity contribution is 0.602. The molecule has 0 saturated carbocycles. The largest absolute Gasteiger partial charge is 0.399 e. The van der Waals surface area contributed by atoms with Gasteiger partial charge in [-0.2, -0.15) is 0 Å². The fraction of sp³-hybridized carbons (Fsp3) is 0.143. The molecule has 0 spiro atoms. The maximum Gasteiger partial charge on any atom is 0.258 e. The molecule has 0 aliphatic carbocycles. The second-order valence-electron chi connectivity index (χ2n) is 4.56. The molecule has 0 atom stereocenters. The number of nitrogens with two attached hydrogens (primary N) is 1. The summed E-state index contributed by atoms with van der Waals surface area (Å²) in [4.78, 5) is 17.6. The van der Waals surface area contributed by atoms with E-state index in [0.717, 1.165) is 5.69 Å². The van der Waals surface area contributed by atoms with E-state index in [9.17, 15) is 9.18 Å². The number of hydrogen-bond donors (Lipinski definition) is 1. The summed E-state index contributed by atoms with van der Waals surface area (Å²) in [5, 5.41) is 1.89. The van der Waals surface area contributed by atoms with Crippen LogP contribution >= 0.6 is 23.1 Å². The maximum atomic E-state index is 13.7. The molecule has 0 radical (unpaired) electrons. The van der Waals surface area contributed by atoms with E-state index in [4.69, 9.17) is 5.73 Å². The zero-order chi connectivity index (χ0) is 15.0. The van der Waals surface area contributed by atoms with Gasteiger partial charge in [-0.3, -0.25) is 9.20 Å². The van der Waals surface area contributed by atoms with Crippen LogP contribution in [0.2, 0.25) is 0 Å². The summed E-state index contributed by atoms with van der Waals surface area (Å²) in [7, 11) is 0. The molecular formula is C14H12FN3OS2. The van der Waals surface area contributed by atoms with Gasteiger partial charge in [-0.15, -0.1) is 23.1 Å². The third kappa shape index (κ3) is 2.79. The summed E-state index contributed by atoms with van der Waals surface area (Å²) in [6, 6.07) is 6.07. The van der Waals surface area contributed by atoms with Gasteiger partial charge in [0, 0.05) is 33.5 Å². The van der Waals surface area contributed by atoms with Gasteiger partial charge in [0.05, 0.1) is 5.69 Å². The minimum atomic E-state index is -0.357. The molecule has 4 nitrogen and oxygen atoms in total. The number of halogens is 1. The van der Waals surface area contributed by atoms with Crippen molar-refractivity contribution < 1.29 is 4.39 Å². The van der Waals surface area contributed by atoms with Gasteiger partial charge in [0.25, 0.3) is 5.56 Å². The lowest BCUT2D eigenvalue weighted by Crippen LogP contribution is -2.14. The van der Waals surface area contributed by atoms with E-state index in [2.05, 4.69) is 4.98 Å². The Morgan fingerprint density at radius 2 is 2.24 bits per heavy atom. The normalized spacial score (nSPS) is 11.1. The fourth-order valence-electron chi connectivity index (χ4n) is 1.96. The average molecular weight is 321 g/mol. The average Bonchev–Trinajstić information content (AvgIpc) is 2.80. The van der Waals surface area contributed by atoms with Gasteiger partial charge in [0.2, 0.25) is 0 Å². The molecule has 2 heterocycles. The van der Waals surface area contributed by atoms with Crippen molar-refractivity contribution in [1.29, 1.82) is 0 Å². The molecule has 3 rings (SSSR count). The predicted octanol–water partition coefficient (Wildman–Crippen LogP) is 3.08. The van der Waals surface area contributed by atoms with Crippen molar-refractivity contribution >= 4 is 33.7 Å². The van der Waals surface area contributed by atoms with Crippen molar-refractivity contribution in [3.8, 4) is 0 Å². The second-order valence-corrected chi connectivity index (χ2v) is 6.41. The fourth-order valence-corrected chi connectivity index (χ4v) is 3.66. The number of nitrogens with zero attached hydrogens (tertiary/aromatic N) is 2. The molecule has 0 amide bonds. The monoisotopic (exact) mass is 321 g/mol. The number of hydrogen-bond acceptors (Lipinski definition) is 5. The van der Waals surface area contributed by atoms with Crippen LogP contribution in [0, 0.1) is 12.7 Å². The van der Waals surface area contributed by atoms with E-state index < -0.39 is 0 Å². The van der Waals surface area contributed by atoms with Crippen LogP contribution < -0.4 is 11.3 Å². The third-order valence-corrected chi connectivity index (χ3v) is 4.99. The molecule has 2 N–H and O–H groups in total. The van der Waals surface area contributed by atoms with E-state index in [1.807, 2.05) is 12.3 Å². The Hall–Kier alpha value is -1.86. The van der Waals surface area contributed by atoms with Crippen molar-refractivity contribution in [2.45, 2.75) is 17.6 Å². The highest BCUT2D eigenvalue weighted by Gasteiger charge is 2.08. The molecule has 0 fully saturated rings. The number of aryl methyl sites for hydroxylation is 1. The Bertz CT molecular complexity index is 872. The molecule has 0 bridgehead atoms. The first-order valence-corrected chi connectivity index (χ1v) is 8.06. The summed E-state index contributed by atoms with van der Waals surface area (Å²) >= 11 is 2.72. The number of rotatable bonds is 3. The Balaban J connectivity index is 1.87. The van der Waals surface area contributed by atoms with E-state index in [-0.39, 0.29) is 11.4 Å². The topological polar surface area (TPSA) is 60.4 Å².